The molecule has 28 heavy (non-hydrogen) atoms. The van der Waals surface area contributed by atoms with Crippen LogP contribution >= 0.6 is 0 Å². The van der Waals surface area contributed by atoms with Crippen LogP contribution < -0.4 is 0 Å². The van der Waals surface area contributed by atoms with Crippen LogP contribution in [0.25, 0.3) is 28.2 Å². The maximum atomic E-state index is 12.0. The van der Waals surface area contributed by atoms with Gasteiger partial charge in [-0.15, -0.1) is 0 Å². The van der Waals surface area contributed by atoms with Crippen LogP contribution in [0.1, 0.15) is 18.4 Å². The number of hydrogen-bond donors (Lipinski definition) is 1. The summed E-state index contributed by atoms with van der Waals surface area (Å²) in [6.07, 6.45) is 0. The molecule has 0 aliphatic rings. The fraction of sp³-hybridized carbons (Fsp3) is 0.0833. The second-order valence-corrected chi connectivity index (χ2v) is 6.65. The third-order valence-electron chi connectivity index (χ3n) is 4.82. The molecule has 0 aliphatic carbocycles. The Hall–Kier alpha value is -3.66. The Bertz CT molecular complexity index is 1090. The van der Waals surface area contributed by atoms with Crippen molar-refractivity contribution in [1.29, 1.82) is 0 Å². The zero-order valence-electron chi connectivity index (χ0n) is 15.5. The second-order valence-electron chi connectivity index (χ2n) is 6.65. The van der Waals surface area contributed by atoms with Gasteiger partial charge in [0.05, 0.1) is 23.0 Å². The molecule has 0 saturated heterocycles. The number of nitrogens with zero attached hydrogens (tertiary/aromatic N) is 2. The molecule has 0 radical (unpaired) electrons. The highest BCUT2D eigenvalue weighted by molar-refractivity contribution is 5.86. The van der Waals surface area contributed by atoms with E-state index in [1.165, 1.54) is 0 Å². The van der Waals surface area contributed by atoms with Crippen LogP contribution in [-0.2, 0) is 4.79 Å². The number of hydrogen-bond acceptors (Lipinski definition) is 2. The number of carboxylic acids is 1. The number of aliphatic carboxylic acids is 1. The summed E-state index contributed by atoms with van der Waals surface area (Å²) >= 11 is 0. The van der Waals surface area contributed by atoms with E-state index in [9.17, 15) is 9.90 Å². The third kappa shape index (κ3) is 3.21. The van der Waals surface area contributed by atoms with E-state index < -0.39 is 11.9 Å². The van der Waals surface area contributed by atoms with Gasteiger partial charge in [-0.05, 0) is 19.1 Å². The summed E-state index contributed by atoms with van der Waals surface area (Å²) in [5.74, 6) is -1.58. The zero-order chi connectivity index (χ0) is 19.5. The van der Waals surface area contributed by atoms with Crippen LogP contribution in [0.15, 0.2) is 91.0 Å². The van der Waals surface area contributed by atoms with Crippen molar-refractivity contribution in [1.82, 2.24) is 9.78 Å². The lowest BCUT2D eigenvalue weighted by atomic mass is 9.92. The fourth-order valence-corrected chi connectivity index (χ4v) is 3.40. The summed E-state index contributed by atoms with van der Waals surface area (Å²) in [4.78, 5) is 12.0. The number of aromatic nitrogens is 2. The molecule has 0 spiro atoms. The van der Waals surface area contributed by atoms with E-state index in [1.54, 1.807) is 6.92 Å². The van der Waals surface area contributed by atoms with Crippen molar-refractivity contribution in [2.45, 2.75) is 12.8 Å². The van der Waals surface area contributed by atoms with Crippen molar-refractivity contribution in [2.24, 2.45) is 0 Å². The van der Waals surface area contributed by atoms with Gasteiger partial charge in [0.1, 0.15) is 0 Å². The van der Waals surface area contributed by atoms with E-state index in [2.05, 4.69) is 0 Å². The third-order valence-corrected chi connectivity index (χ3v) is 4.82. The standard InChI is InChI=1S/C24H20N2O2/c1-17(24(27)28)21-22(18-11-5-2-6-12-18)25-26(20-15-9-4-10-16-20)23(21)19-13-7-3-8-14-19/h2-17H,1H3,(H,27,28). The Labute approximate surface area is 163 Å². The van der Waals surface area contributed by atoms with E-state index in [1.807, 2.05) is 95.7 Å². The summed E-state index contributed by atoms with van der Waals surface area (Å²) in [5.41, 5.74) is 4.94. The Kier molecular flexibility index (Phi) is 4.77. The minimum Gasteiger partial charge on any atom is -0.481 e. The first-order valence-corrected chi connectivity index (χ1v) is 9.19. The van der Waals surface area contributed by atoms with E-state index >= 15 is 0 Å². The molecule has 0 bridgehead atoms. The minimum absolute atomic E-state index is 0.693. The largest absolute Gasteiger partial charge is 0.481 e. The van der Waals surface area contributed by atoms with Crippen LogP contribution in [0, 0.1) is 0 Å². The lowest BCUT2D eigenvalue weighted by Crippen LogP contribution is -2.09. The molecule has 1 aromatic heterocycles. The molecule has 0 saturated carbocycles. The summed E-state index contributed by atoms with van der Waals surface area (Å²) in [6.45, 7) is 1.72. The van der Waals surface area contributed by atoms with Crippen LogP contribution in [0.2, 0.25) is 0 Å². The molecule has 138 valence electrons. The van der Waals surface area contributed by atoms with Gasteiger partial charge in [-0.3, -0.25) is 4.79 Å². The molecular formula is C24H20N2O2. The van der Waals surface area contributed by atoms with Crippen LogP contribution in [-0.4, -0.2) is 20.9 Å². The van der Waals surface area contributed by atoms with Crippen molar-refractivity contribution in [3.05, 3.63) is 96.6 Å². The van der Waals surface area contributed by atoms with Gasteiger partial charge >= 0.3 is 5.97 Å². The Morgan fingerprint density at radius 1 is 0.821 bits per heavy atom. The van der Waals surface area contributed by atoms with Gasteiger partial charge in [0.25, 0.3) is 0 Å². The van der Waals surface area contributed by atoms with Gasteiger partial charge < -0.3 is 5.11 Å². The summed E-state index contributed by atoms with van der Waals surface area (Å²) in [5, 5.41) is 14.7. The van der Waals surface area contributed by atoms with E-state index in [4.69, 9.17) is 5.10 Å². The van der Waals surface area contributed by atoms with Crippen LogP contribution in [0.4, 0.5) is 0 Å². The number of benzene rings is 3. The highest BCUT2D eigenvalue weighted by Crippen LogP contribution is 2.38. The van der Waals surface area contributed by atoms with Crippen LogP contribution in [0.5, 0.6) is 0 Å². The van der Waals surface area contributed by atoms with Crippen molar-refractivity contribution >= 4 is 5.97 Å². The predicted octanol–water partition coefficient (Wildman–Crippen LogP) is 5.39. The number of carboxylic acid groups (broad SMARTS) is 1. The molecule has 4 nitrogen and oxygen atoms in total. The van der Waals surface area contributed by atoms with Gasteiger partial charge in [-0.1, -0.05) is 78.9 Å². The quantitative estimate of drug-likeness (QED) is 0.513. The van der Waals surface area contributed by atoms with E-state index in [0.29, 0.717) is 11.3 Å². The maximum Gasteiger partial charge on any atom is 0.310 e. The van der Waals surface area contributed by atoms with Gasteiger partial charge in [-0.25, -0.2) is 4.68 Å². The molecule has 3 aromatic carbocycles. The summed E-state index contributed by atoms with van der Waals surface area (Å²) in [6, 6.07) is 29.4. The lowest BCUT2D eigenvalue weighted by molar-refractivity contribution is -0.138. The van der Waals surface area contributed by atoms with Crippen molar-refractivity contribution in [3.63, 3.8) is 0 Å². The average Bonchev–Trinajstić information content (AvgIpc) is 3.15. The van der Waals surface area contributed by atoms with Crippen molar-refractivity contribution in [2.75, 3.05) is 0 Å². The van der Waals surface area contributed by atoms with Crippen LogP contribution in [0.3, 0.4) is 0 Å². The van der Waals surface area contributed by atoms with E-state index in [-0.39, 0.29) is 0 Å². The monoisotopic (exact) mass is 368 g/mol. The zero-order valence-corrected chi connectivity index (χ0v) is 15.5. The molecular weight excluding hydrogens is 348 g/mol. The molecule has 1 N–H and O–H groups in total. The van der Waals surface area contributed by atoms with E-state index in [0.717, 1.165) is 22.5 Å². The molecule has 0 fully saturated rings. The smallest absolute Gasteiger partial charge is 0.310 e. The maximum absolute atomic E-state index is 12.0. The number of rotatable bonds is 5. The SMILES string of the molecule is CC(C(=O)O)c1c(-c2ccccc2)nn(-c2ccccc2)c1-c1ccccc1. The van der Waals surface area contributed by atoms with Gasteiger partial charge in [0.15, 0.2) is 0 Å². The highest BCUT2D eigenvalue weighted by atomic mass is 16.4. The number of para-hydroxylation sites is 1. The molecule has 0 aliphatic heterocycles. The lowest BCUT2D eigenvalue weighted by Gasteiger charge is -2.13. The number of carbonyl (C=O) groups is 1. The molecule has 1 heterocycles. The second kappa shape index (κ2) is 7.53. The molecule has 4 rings (SSSR count). The highest BCUT2D eigenvalue weighted by Gasteiger charge is 2.28. The van der Waals surface area contributed by atoms with Crippen molar-refractivity contribution in [3.8, 4) is 28.2 Å². The summed E-state index contributed by atoms with van der Waals surface area (Å²) < 4.78 is 1.85. The van der Waals surface area contributed by atoms with Gasteiger partial charge in [0, 0.05) is 16.7 Å². The fourth-order valence-electron chi connectivity index (χ4n) is 3.40. The van der Waals surface area contributed by atoms with Gasteiger partial charge in [-0.2, -0.15) is 5.10 Å². The predicted molar refractivity (Wildman–Crippen MR) is 110 cm³/mol. The first-order valence-electron chi connectivity index (χ1n) is 9.19. The normalized spacial score (nSPS) is 11.9. The molecule has 1 atom stereocenters. The minimum atomic E-state index is -0.873. The molecule has 1 unspecified atom stereocenters. The Morgan fingerprint density at radius 3 is 1.86 bits per heavy atom. The first kappa shape index (κ1) is 17.7. The Balaban J connectivity index is 2.08. The summed E-state index contributed by atoms with van der Waals surface area (Å²) in [7, 11) is 0. The molecule has 0 amide bonds. The first-order chi connectivity index (χ1) is 13.7. The topological polar surface area (TPSA) is 55.1 Å². The van der Waals surface area contributed by atoms with Gasteiger partial charge in [0.2, 0.25) is 0 Å². The molecule has 4 aromatic rings. The average molecular weight is 368 g/mol. The van der Waals surface area contributed by atoms with Crippen molar-refractivity contribution < 1.29 is 9.90 Å². The molecule has 4 heteroatoms. The Morgan fingerprint density at radius 2 is 1.32 bits per heavy atom.